The molecule has 0 radical (unpaired) electrons. The number of para-hydroxylation sites is 1. The van der Waals surface area contributed by atoms with E-state index in [1.807, 2.05) is 62.4 Å². The van der Waals surface area contributed by atoms with Crippen molar-refractivity contribution in [2.24, 2.45) is 0 Å². The molecular formula is C19H20N3O3S+. The molecule has 0 atom stereocenters. The predicted octanol–water partition coefficient (Wildman–Crippen LogP) is 2.98. The highest BCUT2D eigenvalue weighted by Gasteiger charge is 2.23. The zero-order valence-corrected chi connectivity index (χ0v) is 15.4. The highest BCUT2D eigenvalue weighted by atomic mass is 32.2. The van der Waals surface area contributed by atoms with Crippen molar-refractivity contribution < 1.29 is 14.0 Å². The van der Waals surface area contributed by atoms with E-state index in [0.717, 1.165) is 16.9 Å². The van der Waals surface area contributed by atoms with Crippen LogP contribution in [0.5, 0.6) is 0 Å². The molecule has 0 aliphatic heterocycles. The fourth-order valence-electron chi connectivity index (χ4n) is 2.42. The molecule has 2 aromatic carbocycles. The van der Waals surface area contributed by atoms with Crippen LogP contribution in [0.3, 0.4) is 0 Å². The number of carbonyl (C=O) groups is 1. The van der Waals surface area contributed by atoms with Gasteiger partial charge < -0.3 is 5.32 Å². The molecule has 0 saturated carbocycles. The molecule has 0 saturated heterocycles. The molecule has 3 aromatic rings. The number of nitrogens with one attached hydrogen (secondary N) is 2. The van der Waals surface area contributed by atoms with Gasteiger partial charge in [-0.1, -0.05) is 24.3 Å². The number of anilines is 1. The number of amides is 1. The molecule has 1 aromatic heterocycles. The van der Waals surface area contributed by atoms with E-state index in [-0.39, 0.29) is 12.3 Å². The van der Waals surface area contributed by atoms with Crippen molar-refractivity contribution in [2.75, 3.05) is 11.1 Å². The van der Waals surface area contributed by atoms with Gasteiger partial charge in [0.1, 0.15) is 0 Å². The van der Waals surface area contributed by atoms with Gasteiger partial charge in [-0.25, -0.2) is 4.79 Å². The Bertz CT molecular complexity index is 964. The minimum atomic E-state index is -0.451. The van der Waals surface area contributed by atoms with Gasteiger partial charge in [0, 0.05) is 30.0 Å². The molecule has 2 N–H and O–H groups in total. The lowest BCUT2D eigenvalue weighted by atomic mass is 10.1. The molecule has 0 bridgehead atoms. The van der Waals surface area contributed by atoms with E-state index in [2.05, 4.69) is 10.6 Å². The third-order valence-corrected chi connectivity index (χ3v) is 5.01. The lowest BCUT2D eigenvalue weighted by Crippen LogP contribution is -2.36. The molecule has 6 nitrogen and oxygen atoms in total. The van der Waals surface area contributed by atoms with Gasteiger partial charge in [-0.15, -0.1) is 0 Å². The number of H-pyrrole nitrogens is 1. The summed E-state index contributed by atoms with van der Waals surface area (Å²) < 4.78 is 6.47. The summed E-state index contributed by atoms with van der Waals surface area (Å²) in [7, 11) is 0. The van der Waals surface area contributed by atoms with Gasteiger partial charge in [0.15, 0.2) is 0 Å². The molecule has 0 unspecified atom stereocenters. The van der Waals surface area contributed by atoms with Crippen LogP contribution in [0, 0.1) is 13.8 Å². The predicted molar refractivity (Wildman–Crippen MR) is 101 cm³/mol. The van der Waals surface area contributed by atoms with Crippen LogP contribution in [0.25, 0.3) is 5.69 Å². The molecule has 3 rings (SSSR count). The standard InChI is InChI=1S/C19H19N3O3S/c1-13-8-9-15(12-14(13)2)20-17(23)10-11-26-18-19(24)25-21-22(18)16-6-4-3-5-7-16/h3-9,12H,10-11H2,1-2H3,(H-,20,21,23,24)/p+1. The molecule has 0 spiro atoms. The van der Waals surface area contributed by atoms with Crippen LogP contribution in [0.4, 0.5) is 5.69 Å². The fourth-order valence-corrected chi connectivity index (χ4v) is 3.33. The number of rotatable bonds is 6. The maximum Gasteiger partial charge on any atom is 0.442 e. The summed E-state index contributed by atoms with van der Waals surface area (Å²) in [4.78, 5) is 24.0. The van der Waals surface area contributed by atoms with E-state index in [1.165, 1.54) is 17.3 Å². The molecule has 7 heteroatoms. The largest absolute Gasteiger partial charge is 0.442 e. The average molecular weight is 370 g/mol. The summed E-state index contributed by atoms with van der Waals surface area (Å²) in [5.41, 5.74) is 3.44. The van der Waals surface area contributed by atoms with Crippen LogP contribution in [0.15, 0.2) is 62.9 Å². The summed E-state index contributed by atoms with van der Waals surface area (Å²) in [6.45, 7) is 4.04. The summed E-state index contributed by atoms with van der Waals surface area (Å²) >= 11 is 1.28. The number of carbonyl (C=O) groups excluding carboxylic acids is 1. The maximum absolute atomic E-state index is 12.1. The number of benzene rings is 2. The molecule has 0 aliphatic rings. The fraction of sp³-hybridized carbons (Fsp3) is 0.211. The zero-order chi connectivity index (χ0) is 18.5. The number of aromatic nitrogens is 2. The molecule has 0 aliphatic carbocycles. The maximum atomic E-state index is 12.1. The van der Waals surface area contributed by atoms with Gasteiger partial charge in [0.25, 0.3) is 0 Å². The van der Waals surface area contributed by atoms with Crippen LogP contribution >= 0.6 is 11.8 Å². The van der Waals surface area contributed by atoms with E-state index in [1.54, 1.807) is 4.68 Å². The van der Waals surface area contributed by atoms with Crippen molar-refractivity contribution in [2.45, 2.75) is 25.3 Å². The second kappa shape index (κ2) is 8.05. The highest BCUT2D eigenvalue weighted by Crippen LogP contribution is 2.16. The van der Waals surface area contributed by atoms with Crippen LogP contribution in [0.1, 0.15) is 17.5 Å². The summed E-state index contributed by atoms with van der Waals surface area (Å²) in [6.07, 6.45) is 0.289. The van der Waals surface area contributed by atoms with Crippen molar-refractivity contribution in [3.8, 4) is 5.69 Å². The van der Waals surface area contributed by atoms with Crippen molar-refractivity contribution in [1.82, 2.24) is 5.27 Å². The Labute approximate surface area is 155 Å². The number of aryl methyl sites for hydroxylation is 2. The summed E-state index contributed by atoms with van der Waals surface area (Å²) in [6, 6.07) is 15.2. The van der Waals surface area contributed by atoms with E-state index < -0.39 is 5.63 Å². The highest BCUT2D eigenvalue weighted by molar-refractivity contribution is 7.99. The van der Waals surface area contributed by atoms with Gasteiger partial charge in [0.2, 0.25) is 11.6 Å². The van der Waals surface area contributed by atoms with Gasteiger partial charge in [-0.3, -0.25) is 9.32 Å². The smallest absolute Gasteiger partial charge is 0.326 e. The normalized spacial score (nSPS) is 10.7. The van der Waals surface area contributed by atoms with Gasteiger partial charge in [-0.2, -0.15) is 0 Å². The second-order valence-electron chi connectivity index (χ2n) is 5.90. The molecule has 26 heavy (non-hydrogen) atoms. The molecule has 1 heterocycles. The van der Waals surface area contributed by atoms with E-state index >= 15 is 0 Å². The lowest BCUT2D eigenvalue weighted by molar-refractivity contribution is -0.704. The third kappa shape index (κ3) is 4.23. The summed E-state index contributed by atoms with van der Waals surface area (Å²) in [5, 5.41) is 5.88. The first-order valence-corrected chi connectivity index (χ1v) is 9.22. The van der Waals surface area contributed by atoms with Gasteiger partial charge in [0.05, 0.1) is 0 Å². The average Bonchev–Trinajstić information content (AvgIpc) is 3.00. The van der Waals surface area contributed by atoms with Gasteiger partial charge in [-0.05, 0) is 58.8 Å². The topological polar surface area (TPSA) is 79.0 Å². The summed E-state index contributed by atoms with van der Waals surface area (Å²) in [5.74, 6) is 0.374. The van der Waals surface area contributed by atoms with Gasteiger partial charge >= 0.3 is 10.7 Å². The van der Waals surface area contributed by atoms with Crippen LogP contribution in [0.2, 0.25) is 0 Å². The second-order valence-corrected chi connectivity index (χ2v) is 6.99. The number of thioether (sulfide) groups is 1. The van der Waals surface area contributed by atoms with E-state index in [0.29, 0.717) is 10.8 Å². The van der Waals surface area contributed by atoms with Crippen LogP contribution < -0.4 is 15.6 Å². The quantitative estimate of drug-likeness (QED) is 0.516. The number of aromatic amines is 1. The Kier molecular flexibility index (Phi) is 5.58. The lowest BCUT2D eigenvalue weighted by Gasteiger charge is -2.07. The molecule has 0 fully saturated rings. The Hall–Kier alpha value is -2.80. The Morgan fingerprint density at radius 3 is 2.65 bits per heavy atom. The van der Waals surface area contributed by atoms with Crippen LogP contribution in [-0.4, -0.2) is 16.9 Å². The Balaban J connectivity index is 1.60. The number of nitrogens with zero attached hydrogens (tertiary/aromatic N) is 1. The van der Waals surface area contributed by atoms with Crippen molar-refractivity contribution in [3.63, 3.8) is 0 Å². The third-order valence-electron chi connectivity index (χ3n) is 3.98. The minimum absolute atomic E-state index is 0.0908. The molecule has 134 valence electrons. The zero-order valence-electron chi connectivity index (χ0n) is 14.6. The molecule has 1 amide bonds. The SMILES string of the molecule is Cc1ccc(NC(=O)CCSc2c(=O)o[nH][n+]2-c2ccccc2)cc1C. The first kappa shape index (κ1) is 18.0. The first-order chi connectivity index (χ1) is 12.5. The molecular weight excluding hydrogens is 350 g/mol. The first-order valence-electron chi connectivity index (χ1n) is 8.23. The van der Waals surface area contributed by atoms with Crippen molar-refractivity contribution in [1.29, 1.82) is 0 Å². The number of hydrogen-bond donors (Lipinski definition) is 2. The van der Waals surface area contributed by atoms with E-state index in [4.69, 9.17) is 4.52 Å². The van der Waals surface area contributed by atoms with Crippen molar-refractivity contribution >= 4 is 23.4 Å². The van der Waals surface area contributed by atoms with Crippen molar-refractivity contribution in [3.05, 3.63) is 70.1 Å². The van der Waals surface area contributed by atoms with Crippen LogP contribution in [-0.2, 0) is 4.79 Å². The Morgan fingerprint density at radius 2 is 1.92 bits per heavy atom. The monoisotopic (exact) mass is 370 g/mol. The Morgan fingerprint density at radius 1 is 1.15 bits per heavy atom. The minimum Gasteiger partial charge on any atom is -0.326 e. The van der Waals surface area contributed by atoms with E-state index in [9.17, 15) is 9.59 Å². The number of hydrogen-bond acceptors (Lipinski definition) is 4.